The number of aliphatic hydroxyl groups is 1. The Kier molecular flexibility index (Phi) is 5.84. The highest BCUT2D eigenvalue weighted by atomic mass is 35.5. The van der Waals surface area contributed by atoms with E-state index in [0.29, 0.717) is 10.6 Å². The molecule has 1 aromatic carbocycles. The van der Waals surface area contributed by atoms with E-state index in [2.05, 4.69) is 0 Å². The van der Waals surface area contributed by atoms with Gasteiger partial charge in [0.1, 0.15) is 0 Å². The van der Waals surface area contributed by atoms with Gasteiger partial charge in [0.05, 0.1) is 0 Å². The molecule has 1 rings (SSSR count). The van der Waals surface area contributed by atoms with Crippen molar-refractivity contribution in [1.82, 2.24) is 0 Å². The van der Waals surface area contributed by atoms with Gasteiger partial charge in [-0.25, -0.2) is 0 Å². The summed E-state index contributed by atoms with van der Waals surface area (Å²) in [5, 5.41) is 17.6. The molecule has 0 unspecified atom stereocenters. The number of nitro groups is 1. The van der Waals surface area contributed by atoms with Crippen LogP contribution in [0.25, 0.3) is 0 Å². The summed E-state index contributed by atoms with van der Waals surface area (Å²) in [6.45, 7) is -0.142. The Balaban J connectivity index is 0.000000671. The summed E-state index contributed by atoms with van der Waals surface area (Å²) in [7, 11) is 1.00. The molecule has 0 aliphatic rings. The van der Waals surface area contributed by atoms with Crippen molar-refractivity contribution < 1.29 is 10.0 Å². The van der Waals surface area contributed by atoms with Gasteiger partial charge in [0, 0.05) is 22.6 Å². The summed E-state index contributed by atoms with van der Waals surface area (Å²) in [6.07, 6.45) is 0. The first kappa shape index (κ1) is 11.9. The van der Waals surface area contributed by atoms with Crippen LogP contribution < -0.4 is 0 Å². The van der Waals surface area contributed by atoms with Crippen LogP contribution in [0.1, 0.15) is 5.56 Å². The third-order valence-electron chi connectivity index (χ3n) is 1.22. The smallest absolute Gasteiger partial charge is 0.228 e. The van der Waals surface area contributed by atoms with E-state index in [0.717, 1.165) is 7.11 Å². The Bertz CT molecular complexity index is 261. The maximum atomic E-state index is 10.0. The average molecular weight is 204 g/mol. The molecule has 0 atom stereocenters. The van der Waals surface area contributed by atoms with Gasteiger partial charge in [0.15, 0.2) is 0 Å². The number of rotatable bonds is 2. The van der Waals surface area contributed by atoms with Gasteiger partial charge in [-0.1, -0.05) is 23.7 Å². The number of hydrogen-bond acceptors (Lipinski definition) is 3. The fourth-order valence-electron chi connectivity index (χ4n) is 0.739. The molecule has 0 aliphatic heterocycles. The Morgan fingerprint density at radius 2 is 1.85 bits per heavy atom. The molecule has 0 saturated carbocycles. The van der Waals surface area contributed by atoms with Gasteiger partial charge in [-0.3, -0.25) is 10.1 Å². The molecular weight excluding hydrogens is 194 g/mol. The Labute approximate surface area is 80.9 Å². The van der Waals surface area contributed by atoms with Crippen molar-refractivity contribution in [3.05, 3.63) is 45.0 Å². The molecule has 0 aliphatic carbocycles. The number of aliphatic hydroxyl groups excluding tert-OH is 1. The molecule has 4 nitrogen and oxygen atoms in total. The van der Waals surface area contributed by atoms with E-state index in [-0.39, 0.29) is 11.5 Å². The van der Waals surface area contributed by atoms with E-state index in [1.54, 1.807) is 24.3 Å². The lowest BCUT2D eigenvalue weighted by molar-refractivity contribution is -0.496. The highest BCUT2D eigenvalue weighted by molar-refractivity contribution is 6.30. The van der Waals surface area contributed by atoms with Gasteiger partial charge < -0.3 is 5.11 Å². The summed E-state index contributed by atoms with van der Waals surface area (Å²) >= 11 is 5.58. The maximum absolute atomic E-state index is 10.0. The second-order valence-electron chi connectivity index (χ2n) is 2.12. The van der Waals surface area contributed by atoms with Gasteiger partial charge in [-0.05, 0) is 12.1 Å². The first-order valence-electron chi connectivity index (χ1n) is 3.49. The van der Waals surface area contributed by atoms with Crippen molar-refractivity contribution in [3.63, 3.8) is 0 Å². The van der Waals surface area contributed by atoms with Crippen molar-refractivity contribution >= 4 is 11.6 Å². The quantitative estimate of drug-likeness (QED) is 0.588. The summed E-state index contributed by atoms with van der Waals surface area (Å²) < 4.78 is 0. The van der Waals surface area contributed by atoms with Crippen LogP contribution in [0.3, 0.4) is 0 Å². The van der Waals surface area contributed by atoms with E-state index in [9.17, 15) is 10.1 Å². The van der Waals surface area contributed by atoms with E-state index in [4.69, 9.17) is 16.7 Å². The maximum Gasteiger partial charge on any atom is 0.228 e. The van der Waals surface area contributed by atoms with Gasteiger partial charge in [0.25, 0.3) is 0 Å². The molecule has 0 spiro atoms. The molecule has 1 N–H and O–H groups in total. The lowest BCUT2D eigenvalue weighted by atomic mass is 10.2. The van der Waals surface area contributed by atoms with Crippen molar-refractivity contribution in [1.29, 1.82) is 0 Å². The van der Waals surface area contributed by atoms with Crippen LogP contribution in [0.4, 0.5) is 0 Å². The SMILES string of the molecule is CO.O=[N+]([O-])Cc1ccc(Cl)cc1. The Morgan fingerprint density at radius 1 is 1.38 bits per heavy atom. The first-order chi connectivity index (χ1) is 6.18. The normalized spacial score (nSPS) is 8.54. The van der Waals surface area contributed by atoms with Gasteiger partial charge in [-0.15, -0.1) is 0 Å². The molecule has 0 amide bonds. The summed E-state index contributed by atoms with van der Waals surface area (Å²) in [4.78, 5) is 9.65. The molecule has 5 heteroatoms. The van der Waals surface area contributed by atoms with Gasteiger partial charge in [0.2, 0.25) is 6.54 Å². The van der Waals surface area contributed by atoms with E-state index in [1.807, 2.05) is 0 Å². The van der Waals surface area contributed by atoms with E-state index in [1.165, 1.54) is 0 Å². The molecule has 1 aromatic rings. The van der Waals surface area contributed by atoms with Crippen LogP contribution in [0.15, 0.2) is 24.3 Å². The molecule has 0 radical (unpaired) electrons. The minimum Gasteiger partial charge on any atom is -0.400 e. The van der Waals surface area contributed by atoms with Crippen molar-refractivity contribution in [2.45, 2.75) is 6.54 Å². The van der Waals surface area contributed by atoms with Gasteiger partial charge in [-0.2, -0.15) is 0 Å². The largest absolute Gasteiger partial charge is 0.400 e. The minimum absolute atomic E-state index is 0.142. The van der Waals surface area contributed by atoms with Crippen molar-refractivity contribution in [2.75, 3.05) is 7.11 Å². The highest BCUT2D eigenvalue weighted by Crippen LogP contribution is 2.09. The lowest BCUT2D eigenvalue weighted by Crippen LogP contribution is -1.97. The van der Waals surface area contributed by atoms with E-state index >= 15 is 0 Å². The van der Waals surface area contributed by atoms with Crippen LogP contribution >= 0.6 is 11.6 Å². The van der Waals surface area contributed by atoms with Crippen LogP contribution in [0, 0.1) is 10.1 Å². The van der Waals surface area contributed by atoms with Crippen LogP contribution in [-0.4, -0.2) is 17.1 Å². The number of nitrogens with zero attached hydrogens (tertiary/aromatic N) is 1. The fraction of sp³-hybridized carbons (Fsp3) is 0.250. The molecule has 0 aromatic heterocycles. The third-order valence-corrected chi connectivity index (χ3v) is 1.48. The zero-order valence-corrected chi connectivity index (χ0v) is 7.86. The highest BCUT2D eigenvalue weighted by Gasteiger charge is 1.99. The predicted molar refractivity (Wildman–Crippen MR) is 50.3 cm³/mol. The molecule has 0 bridgehead atoms. The summed E-state index contributed by atoms with van der Waals surface area (Å²) in [5.74, 6) is 0. The van der Waals surface area contributed by atoms with Crippen LogP contribution in [0.5, 0.6) is 0 Å². The zero-order valence-electron chi connectivity index (χ0n) is 7.11. The Hall–Kier alpha value is -1.13. The van der Waals surface area contributed by atoms with Crippen LogP contribution in [-0.2, 0) is 6.54 Å². The second kappa shape index (κ2) is 6.39. The monoisotopic (exact) mass is 203 g/mol. The fourth-order valence-corrected chi connectivity index (χ4v) is 0.865. The lowest BCUT2D eigenvalue weighted by Gasteiger charge is -1.93. The van der Waals surface area contributed by atoms with E-state index < -0.39 is 0 Å². The zero-order chi connectivity index (χ0) is 10.3. The summed E-state index contributed by atoms with van der Waals surface area (Å²) in [5.41, 5.74) is 0.666. The minimum atomic E-state index is -0.372. The van der Waals surface area contributed by atoms with Gasteiger partial charge >= 0.3 is 0 Å². The number of hydrogen-bond donors (Lipinski definition) is 1. The molecule has 72 valence electrons. The number of benzene rings is 1. The molecule has 0 fully saturated rings. The average Bonchev–Trinajstić information content (AvgIpc) is 2.12. The van der Waals surface area contributed by atoms with Crippen LogP contribution in [0.2, 0.25) is 5.02 Å². The molecular formula is C8H10ClNO3. The standard InChI is InChI=1S/C7H6ClNO2.CH4O/c8-7-3-1-6(2-4-7)5-9(10)11;1-2/h1-4H,5H2;2H,1H3. The second-order valence-corrected chi connectivity index (χ2v) is 2.55. The molecule has 0 heterocycles. The number of halogens is 1. The molecule has 13 heavy (non-hydrogen) atoms. The predicted octanol–water partition coefficient (Wildman–Crippen LogP) is 1.73. The third kappa shape index (κ3) is 5.16. The van der Waals surface area contributed by atoms with Crippen molar-refractivity contribution in [2.24, 2.45) is 0 Å². The molecule has 0 saturated heterocycles. The Morgan fingerprint density at radius 3 is 2.23 bits per heavy atom. The first-order valence-corrected chi connectivity index (χ1v) is 3.87. The summed E-state index contributed by atoms with van der Waals surface area (Å²) in [6, 6.07) is 6.57. The topological polar surface area (TPSA) is 63.4 Å². The van der Waals surface area contributed by atoms with Crippen molar-refractivity contribution in [3.8, 4) is 0 Å².